The van der Waals surface area contributed by atoms with Crippen molar-refractivity contribution in [3.63, 3.8) is 0 Å². The van der Waals surface area contributed by atoms with Gasteiger partial charge < -0.3 is 25.0 Å². The highest BCUT2D eigenvalue weighted by Gasteiger charge is 2.45. The van der Waals surface area contributed by atoms with Crippen LogP contribution >= 0.6 is 0 Å². The summed E-state index contributed by atoms with van der Waals surface area (Å²) in [5.74, 6) is 0.0602. The molecule has 1 aliphatic heterocycles. The number of nitrogens with zero attached hydrogens (tertiary/aromatic N) is 4. The number of fused-ring (bicyclic) bond motifs is 1. The quantitative estimate of drug-likeness (QED) is 0.667. The van der Waals surface area contributed by atoms with Gasteiger partial charge in [0.15, 0.2) is 17.7 Å². The summed E-state index contributed by atoms with van der Waals surface area (Å²) in [7, 11) is 1.42. The summed E-state index contributed by atoms with van der Waals surface area (Å²) in [4.78, 5) is 12.1. The first-order chi connectivity index (χ1) is 11.4. The standard InChI is InChI=1S/C12H17N5O4/c1-13-10-7-11(15-4-14-10)17(5-16-7)12-9(20-2)8(19)6(3-18)21-12/h4-6,8-9,12,18-19H,3H2,1-2H3,(H,13,14,15)/t6-,8-,9-,12-/m1/s1/i1D3. The Morgan fingerprint density at radius 2 is 2.38 bits per heavy atom. The number of aliphatic hydroxyl groups excluding tert-OH is 2. The maximum Gasteiger partial charge on any atom is 0.167 e. The number of rotatable bonds is 4. The third-order valence-electron chi connectivity index (χ3n) is 3.52. The summed E-state index contributed by atoms with van der Waals surface area (Å²) in [6, 6.07) is 0. The van der Waals surface area contributed by atoms with Crippen LogP contribution in [-0.2, 0) is 9.47 Å². The molecule has 1 saturated heterocycles. The Morgan fingerprint density at radius 1 is 1.52 bits per heavy atom. The smallest absolute Gasteiger partial charge is 0.167 e. The molecule has 0 aliphatic carbocycles. The molecular weight excluding hydrogens is 278 g/mol. The summed E-state index contributed by atoms with van der Waals surface area (Å²) in [5, 5.41) is 21.7. The van der Waals surface area contributed by atoms with Gasteiger partial charge in [-0.3, -0.25) is 4.57 Å². The van der Waals surface area contributed by atoms with E-state index in [0.717, 1.165) is 0 Å². The molecule has 3 rings (SSSR count). The minimum atomic E-state index is -2.43. The molecule has 0 radical (unpaired) electrons. The Labute approximate surface area is 124 Å². The highest BCUT2D eigenvalue weighted by molar-refractivity contribution is 5.82. The second-order valence-electron chi connectivity index (χ2n) is 4.61. The van der Waals surface area contributed by atoms with E-state index in [1.807, 2.05) is 0 Å². The molecule has 0 amide bonds. The number of anilines is 1. The van der Waals surface area contributed by atoms with Crippen LogP contribution in [0.4, 0.5) is 5.82 Å². The van der Waals surface area contributed by atoms with E-state index in [-0.39, 0.29) is 17.9 Å². The van der Waals surface area contributed by atoms with Gasteiger partial charge in [-0.05, 0) is 0 Å². The highest BCUT2D eigenvalue weighted by Crippen LogP contribution is 2.33. The molecule has 2 aromatic rings. The van der Waals surface area contributed by atoms with E-state index in [1.165, 1.54) is 24.3 Å². The minimum absolute atomic E-state index is 0.0602. The van der Waals surface area contributed by atoms with Crippen LogP contribution < -0.4 is 5.32 Å². The zero-order chi connectivity index (χ0) is 17.5. The van der Waals surface area contributed by atoms with Gasteiger partial charge in [0, 0.05) is 18.2 Å². The van der Waals surface area contributed by atoms with Crippen molar-refractivity contribution in [2.75, 3.05) is 26.0 Å². The second kappa shape index (κ2) is 5.53. The molecule has 3 N–H and O–H groups in total. The lowest BCUT2D eigenvalue weighted by atomic mass is 10.1. The normalized spacial score (nSPS) is 31.9. The molecule has 2 aromatic heterocycles. The SMILES string of the molecule is [2H]C([2H])([2H])Nc1ncnc2c1ncn2[C@@H]1O[C@H](CO)[C@@H](O)[C@H]1OC. The lowest BCUT2D eigenvalue weighted by Gasteiger charge is -2.19. The van der Waals surface area contributed by atoms with E-state index < -0.39 is 31.5 Å². The Balaban J connectivity index is 2.01. The predicted molar refractivity (Wildman–Crippen MR) is 72.7 cm³/mol. The van der Waals surface area contributed by atoms with Gasteiger partial charge in [-0.25, -0.2) is 15.0 Å². The van der Waals surface area contributed by atoms with Crippen LogP contribution in [0.25, 0.3) is 11.2 Å². The van der Waals surface area contributed by atoms with Crippen molar-refractivity contribution in [1.29, 1.82) is 0 Å². The fourth-order valence-electron chi connectivity index (χ4n) is 2.48. The predicted octanol–water partition coefficient (Wildman–Crippen LogP) is -0.866. The largest absolute Gasteiger partial charge is 0.394 e. The number of imidazole rings is 1. The first-order valence-electron chi connectivity index (χ1n) is 7.78. The average Bonchev–Trinajstić information content (AvgIpc) is 3.07. The Kier molecular flexibility index (Phi) is 2.85. The fourth-order valence-corrected chi connectivity index (χ4v) is 2.48. The minimum Gasteiger partial charge on any atom is -0.394 e. The maximum absolute atomic E-state index is 10.1. The molecule has 1 fully saturated rings. The lowest BCUT2D eigenvalue weighted by Crippen LogP contribution is -2.34. The maximum atomic E-state index is 10.1. The number of aromatic nitrogens is 4. The Morgan fingerprint density at radius 3 is 3.10 bits per heavy atom. The van der Waals surface area contributed by atoms with Crippen molar-refractivity contribution in [3.8, 4) is 0 Å². The molecule has 0 spiro atoms. The van der Waals surface area contributed by atoms with Crippen LogP contribution in [0.3, 0.4) is 0 Å². The molecular formula is C12H17N5O4. The summed E-state index contributed by atoms with van der Waals surface area (Å²) in [5.41, 5.74) is 0.559. The number of methoxy groups -OCH3 is 1. The molecule has 9 nitrogen and oxygen atoms in total. The van der Waals surface area contributed by atoms with E-state index in [0.29, 0.717) is 5.65 Å². The number of aliphatic hydroxyl groups is 2. The van der Waals surface area contributed by atoms with Crippen molar-refractivity contribution >= 4 is 17.0 Å². The number of nitrogens with one attached hydrogen (secondary N) is 1. The van der Waals surface area contributed by atoms with Crippen LogP contribution in [0.2, 0.25) is 0 Å². The zero-order valence-corrected chi connectivity index (χ0v) is 11.2. The molecule has 3 heterocycles. The molecule has 21 heavy (non-hydrogen) atoms. The highest BCUT2D eigenvalue weighted by atomic mass is 16.6. The second-order valence-corrected chi connectivity index (χ2v) is 4.61. The van der Waals surface area contributed by atoms with Crippen molar-refractivity contribution in [2.24, 2.45) is 0 Å². The van der Waals surface area contributed by atoms with E-state index in [4.69, 9.17) is 13.6 Å². The fraction of sp³-hybridized carbons (Fsp3) is 0.583. The van der Waals surface area contributed by atoms with Crippen molar-refractivity contribution < 1.29 is 23.8 Å². The van der Waals surface area contributed by atoms with Gasteiger partial charge in [-0.1, -0.05) is 0 Å². The molecule has 0 unspecified atom stereocenters. The number of hydrogen-bond donors (Lipinski definition) is 3. The van der Waals surface area contributed by atoms with E-state index in [9.17, 15) is 10.2 Å². The van der Waals surface area contributed by atoms with Gasteiger partial charge in [-0.15, -0.1) is 0 Å². The molecule has 0 bridgehead atoms. The van der Waals surface area contributed by atoms with Crippen LogP contribution in [0.5, 0.6) is 0 Å². The monoisotopic (exact) mass is 298 g/mol. The molecule has 114 valence electrons. The Hall–Kier alpha value is -1.81. The molecule has 0 saturated carbocycles. The topological polar surface area (TPSA) is 115 Å². The summed E-state index contributed by atoms with van der Waals surface area (Å²) in [6.07, 6.45) is -0.752. The molecule has 1 aliphatic rings. The third-order valence-corrected chi connectivity index (χ3v) is 3.52. The summed E-state index contributed by atoms with van der Waals surface area (Å²) >= 11 is 0. The number of hydrogen-bond acceptors (Lipinski definition) is 8. The first kappa shape index (κ1) is 10.9. The van der Waals surface area contributed by atoms with E-state index in [2.05, 4.69) is 20.3 Å². The molecule has 9 heteroatoms. The van der Waals surface area contributed by atoms with Gasteiger partial charge in [0.05, 0.1) is 12.9 Å². The van der Waals surface area contributed by atoms with Crippen molar-refractivity contribution in [2.45, 2.75) is 24.5 Å². The van der Waals surface area contributed by atoms with Crippen LogP contribution in [-0.4, -0.2) is 68.7 Å². The molecule has 0 aromatic carbocycles. The summed E-state index contributed by atoms with van der Waals surface area (Å²) in [6.45, 7) is -2.80. The van der Waals surface area contributed by atoms with E-state index >= 15 is 0 Å². The van der Waals surface area contributed by atoms with Gasteiger partial charge in [0.25, 0.3) is 0 Å². The van der Waals surface area contributed by atoms with Crippen molar-refractivity contribution in [1.82, 2.24) is 19.5 Å². The zero-order valence-electron chi connectivity index (χ0n) is 14.2. The van der Waals surface area contributed by atoms with Crippen LogP contribution in [0.1, 0.15) is 10.3 Å². The van der Waals surface area contributed by atoms with Gasteiger partial charge in [0.1, 0.15) is 30.2 Å². The summed E-state index contributed by atoms with van der Waals surface area (Å²) < 4.78 is 34.2. The van der Waals surface area contributed by atoms with Gasteiger partial charge >= 0.3 is 0 Å². The number of ether oxygens (including phenoxy) is 2. The van der Waals surface area contributed by atoms with Gasteiger partial charge in [0.2, 0.25) is 0 Å². The average molecular weight is 298 g/mol. The lowest BCUT2D eigenvalue weighted by molar-refractivity contribution is -0.0583. The van der Waals surface area contributed by atoms with Crippen molar-refractivity contribution in [3.05, 3.63) is 12.7 Å². The van der Waals surface area contributed by atoms with Crippen LogP contribution in [0.15, 0.2) is 12.7 Å². The third kappa shape index (κ3) is 2.14. The van der Waals surface area contributed by atoms with Gasteiger partial charge in [-0.2, -0.15) is 0 Å². The molecule has 4 atom stereocenters. The first-order valence-corrected chi connectivity index (χ1v) is 6.28. The van der Waals surface area contributed by atoms with Crippen LogP contribution in [0, 0.1) is 0 Å². The Bertz CT molecular complexity index is 724. The van der Waals surface area contributed by atoms with E-state index in [1.54, 1.807) is 0 Å².